The van der Waals surface area contributed by atoms with Gasteiger partial charge in [0.1, 0.15) is 5.75 Å². The molecule has 9 heteroatoms. The Morgan fingerprint density at radius 3 is 2.79 bits per heavy atom. The third-order valence-corrected chi connectivity index (χ3v) is 8.10. The molecule has 1 aromatic heterocycles. The van der Waals surface area contributed by atoms with Crippen LogP contribution in [0.5, 0.6) is 5.75 Å². The summed E-state index contributed by atoms with van der Waals surface area (Å²) in [7, 11) is -3.42. The van der Waals surface area contributed by atoms with Crippen LogP contribution in [-0.2, 0) is 25.1 Å². The molecule has 0 bridgehead atoms. The molecule has 1 saturated heterocycles. The van der Waals surface area contributed by atoms with E-state index in [4.69, 9.17) is 9.47 Å². The van der Waals surface area contributed by atoms with Gasteiger partial charge in [0.25, 0.3) is 0 Å². The molecule has 1 fully saturated rings. The predicted molar refractivity (Wildman–Crippen MR) is 131 cm³/mol. The number of anilines is 1. The number of benzene rings is 2. The number of hydrogen-bond donors (Lipinski definition) is 0. The van der Waals surface area contributed by atoms with Crippen LogP contribution < -0.4 is 9.64 Å². The number of carbonyl (C=O) groups excluding carboxylic acids is 1. The van der Waals surface area contributed by atoms with Crippen LogP contribution in [-0.4, -0.2) is 50.9 Å². The lowest BCUT2D eigenvalue weighted by molar-refractivity contribution is -0.118. The van der Waals surface area contributed by atoms with Crippen LogP contribution in [0, 0.1) is 0 Å². The van der Waals surface area contributed by atoms with Gasteiger partial charge in [-0.1, -0.05) is 41.7 Å². The van der Waals surface area contributed by atoms with Crippen molar-refractivity contribution in [3.05, 3.63) is 54.1 Å². The minimum atomic E-state index is -3.42. The molecular weight excluding hydrogens is 460 g/mol. The van der Waals surface area contributed by atoms with Crippen LogP contribution in [0.1, 0.15) is 31.7 Å². The molecule has 1 aliphatic rings. The Hall–Kier alpha value is -2.49. The SMILES string of the molecule is CCOc1ccc2nc(N(CC3CCCO3)C(=O)CCS(=O)(=O)Cc3ccccc3)sc2c1. The molecule has 0 spiro atoms. The van der Waals surface area contributed by atoms with Crippen molar-refractivity contribution in [3.63, 3.8) is 0 Å². The van der Waals surface area contributed by atoms with Gasteiger partial charge in [-0.25, -0.2) is 13.4 Å². The molecule has 7 nitrogen and oxygen atoms in total. The van der Waals surface area contributed by atoms with Crippen molar-refractivity contribution in [1.82, 2.24) is 4.98 Å². The normalized spacial score (nSPS) is 16.2. The lowest BCUT2D eigenvalue weighted by Crippen LogP contribution is -2.38. The van der Waals surface area contributed by atoms with Crippen LogP contribution >= 0.6 is 11.3 Å². The highest BCUT2D eigenvalue weighted by Gasteiger charge is 2.27. The highest BCUT2D eigenvalue weighted by atomic mass is 32.2. The average molecular weight is 489 g/mol. The molecule has 2 heterocycles. The fourth-order valence-corrected chi connectivity index (χ4v) is 6.17. The van der Waals surface area contributed by atoms with E-state index in [1.165, 1.54) is 11.3 Å². The Morgan fingerprint density at radius 2 is 2.06 bits per heavy atom. The summed E-state index contributed by atoms with van der Waals surface area (Å²) in [6.45, 7) is 3.54. The van der Waals surface area contributed by atoms with Crippen molar-refractivity contribution in [2.75, 3.05) is 30.4 Å². The van der Waals surface area contributed by atoms with Gasteiger partial charge in [-0.05, 0) is 43.5 Å². The summed E-state index contributed by atoms with van der Waals surface area (Å²) < 4.78 is 37.5. The number of carbonyl (C=O) groups is 1. The van der Waals surface area contributed by atoms with Gasteiger partial charge in [0.2, 0.25) is 5.91 Å². The Kier molecular flexibility index (Phi) is 7.62. The zero-order chi connectivity index (χ0) is 23.3. The number of hydrogen-bond acceptors (Lipinski definition) is 7. The molecule has 0 saturated carbocycles. The Labute approximate surface area is 198 Å². The van der Waals surface area contributed by atoms with E-state index in [9.17, 15) is 13.2 Å². The quantitative estimate of drug-likeness (QED) is 0.425. The van der Waals surface area contributed by atoms with E-state index < -0.39 is 9.84 Å². The number of nitrogens with zero attached hydrogens (tertiary/aromatic N) is 2. The molecule has 4 rings (SSSR count). The molecule has 176 valence electrons. The summed E-state index contributed by atoms with van der Waals surface area (Å²) in [5, 5.41) is 0.555. The van der Waals surface area contributed by atoms with Gasteiger partial charge in [0.15, 0.2) is 15.0 Å². The summed E-state index contributed by atoms with van der Waals surface area (Å²) in [6.07, 6.45) is 1.66. The largest absolute Gasteiger partial charge is 0.494 e. The Morgan fingerprint density at radius 1 is 1.24 bits per heavy atom. The van der Waals surface area contributed by atoms with E-state index in [2.05, 4.69) is 4.98 Å². The second kappa shape index (κ2) is 10.6. The summed E-state index contributed by atoms with van der Waals surface area (Å²) in [4.78, 5) is 19.5. The lowest BCUT2D eigenvalue weighted by Gasteiger charge is -2.23. The summed E-state index contributed by atoms with van der Waals surface area (Å²) >= 11 is 1.40. The van der Waals surface area contributed by atoms with Crippen molar-refractivity contribution in [2.24, 2.45) is 0 Å². The first-order chi connectivity index (χ1) is 15.9. The van der Waals surface area contributed by atoms with Crippen LogP contribution in [0.4, 0.5) is 5.13 Å². The lowest BCUT2D eigenvalue weighted by atomic mass is 10.2. The molecule has 1 aliphatic heterocycles. The van der Waals surface area contributed by atoms with Gasteiger partial charge in [-0.15, -0.1) is 0 Å². The zero-order valence-electron chi connectivity index (χ0n) is 18.6. The van der Waals surface area contributed by atoms with Crippen LogP contribution in [0.15, 0.2) is 48.5 Å². The highest BCUT2D eigenvalue weighted by molar-refractivity contribution is 7.90. The van der Waals surface area contributed by atoms with Crippen molar-refractivity contribution in [1.29, 1.82) is 0 Å². The number of fused-ring (bicyclic) bond motifs is 1. The fourth-order valence-electron chi connectivity index (χ4n) is 3.82. The number of aromatic nitrogens is 1. The second-order valence-electron chi connectivity index (χ2n) is 8.03. The minimum Gasteiger partial charge on any atom is -0.494 e. The van der Waals surface area contributed by atoms with E-state index in [1.807, 2.05) is 43.3 Å². The van der Waals surface area contributed by atoms with Gasteiger partial charge in [0.05, 0.1) is 41.0 Å². The summed E-state index contributed by atoms with van der Waals surface area (Å²) in [5.74, 6) is 0.214. The first-order valence-corrected chi connectivity index (χ1v) is 13.8. The first kappa shape index (κ1) is 23.7. The molecule has 0 aliphatic carbocycles. The molecule has 2 aromatic carbocycles. The van der Waals surface area contributed by atoms with Gasteiger partial charge in [-0.2, -0.15) is 0 Å². The molecule has 33 heavy (non-hydrogen) atoms. The average Bonchev–Trinajstić information content (AvgIpc) is 3.46. The third kappa shape index (κ3) is 6.31. The third-order valence-electron chi connectivity index (χ3n) is 5.46. The molecule has 1 atom stereocenters. The molecule has 3 aromatic rings. The number of ether oxygens (including phenoxy) is 2. The van der Waals surface area contributed by atoms with E-state index in [-0.39, 0.29) is 29.9 Å². The van der Waals surface area contributed by atoms with Crippen molar-refractivity contribution >= 4 is 42.4 Å². The molecule has 0 N–H and O–H groups in total. The van der Waals surface area contributed by atoms with E-state index in [0.29, 0.717) is 24.9 Å². The van der Waals surface area contributed by atoms with Crippen molar-refractivity contribution < 1.29 is 22.7 Å². The van der Waals surface area contributed by atoms with Gasteiger partial charge in [0, 0.05) is 13.0 Å². The zero-order valence-corrected chi connectivity index (χ0v) is 20.2. The monoisotopic (exact) mass is 488 g/mol. The Balaban J connectivity index is 1.51. The number of amides is 1. The maximum Gasteiger partial charge on any atom is 0.229 e. The molecular formula is C24H28N2O5S2. The predicted octanol–water partition coefficient (Wildman–Crippen LogP) is 4.21. The number of rotatable bonds is 10. The van der Waals surface area contributed by atoms with Crippen LogP contribution in [0.2, 0.25) is 0 Å². The molecule has 0 radical (unpaired) electrons. The standard InChI is InChI=1S/C24H28N2O5S2/c1-2-30-19-10-11-21-22(15-19)32-24(25-21)26(16-20-9-6-13-31-20)23(27)12-14-33(28,29)17-18-7-4-3-5-8-18/h3-5,7-8,10-11,15,20H,2,6,9,12-14,16-17H2,1H3. The maximum atomic E-state index is 13.2. The summed E-state index contributed by atoms with van der Waals surface area (Å²) in [5.41, 5.74) is 1.50. The first-order valence-electron chi connectivity index (χ1n) is 11.1. The Bertz CT molecular complexity index is 1190. The van der Waals surface area contributed by atoms with Gasteiger partial charge < -0.3 is 9.47 Å². The van der Waals surface area contributed by atoms with Gasteiger partial charge in [-0.3, -0.25) is 9.69 Å². The minimum absolute atomic E-state index is 0.0686. The number of thiazole rings is 1. The fraction of sp³-hybridized carbons (Fsp3) is 0.417. The number of sulfone groups is 1. The van der Waals surface area contributed by atoms with E-state index >= 15 is 0 Å². The topological polar surface area (TPSA) is 85.8 Å². The summed E-state index contributed by atoms with van der Waals surface area (Å²) in [6, 6.07) is 14.7. The van der Waals surface area contributed by atoms with E-state index in [1.54, 1.807) is 17.0 Å². The molecule has 1 unspecified atom stereocenters. The maximum absolute atomic E-state index is 13.2. The van der Waals surface area contributed by atoms with Gasteiger partial charge >= 0.3 is 0 Å². The van der Waals surface area contributed by atoms with Crippen molar-refractivity contribution in [2.45, 2.75) is 38.0 Å². The highest BCUT2D eigenvalue weighted by Crippen LogP contribution is 2.32. The van der Waals surface area contributed by atoms with E-state index in [0.717, 1.165) is 34.4 Å². The molecule has 1 amide bonds. The van der Waals surface area contributed by atoms with Crippen LogP contribution in [0.25, 0.3) is 10.2 Å². The van der Waals surface area contributed by atoms with Crippen molar-refractivity contribution in [3.8, 4) is 5.75 Å². The smallest absolute Gasteiger partial charge is 0.229 e. The van der Waals surface area contributed by atoms with Crippen LogP contribution in [0.3, 0.4) is 0 Å². The second-order valence-corrected chi connectivity index (χ2v) is 11.2.